The van der Waals surface area contributed by atoms with Crippen LogP contribution in [0.25, 0.3) is 0 Å². The molecule has 1 amide bonds. The summed E-state index contributed by atoms with van der Waals surface area (Å²) in [6.45, 7) is 2.22. The quantitative estimate of drug-likeness (QED) is 0.783. The third-order valence-corrected chi connectivity index (χ3v) is 2.44. The average molecular weight is 257 g/mol. The number of carbonyl (C=O) groups excluding carboxylic acids is 1. The van der Waals surface area contributed by atoms with Crippen molar-refractivity contribution < 1.29 is 18.0 Å². The van der Waals surface area contributed by atoms with E-state index in [9.17, 15) is 18.0 Å². The van der Waals surface area contributed by atoms with Crippen molar-refractivity contribution in [2.75, 3.05) is 6.54 Å². The van der Waals surface area contributed by atoms with E-state index in [2.05, 4.69) is 15.6 Å². The molecular weight excluding hydrogens is 247 g/mol. The van der Waals surface area contributed by atoms with Crippen molar-refractivity contribution in [2.24, 2.45) is 4.99 Å². The Morgan fingerprint density at radius 3 is 2.44 bits per heavy atom. The summed E-state index contributed by atoms with van der Waals surface area (Å²) >= 11 is 0. The van der Waals surface area contributed by atoms with Crippen LogP contribution in [0, 0.1) is 17.5 Å². The van der Waals surface area contributed by atoms with Crippen molar-refractivity contribution in [1.82, 2.24) is 10.6 Å². The molecule has 1 fully saturated rings. The van der Waals surface area contributed by atoms with E-state index in [1.165, 1.54) is 0 Å². The van der Waals surface area contributed by atoms with Gasteiger partial charge in [0, 0.05) is 6.54 Å². The maximum Gasteiger partial charge on any atom is 0.253 e. The zero-order valence-corrected chi connectivity index (χ0v) is 9.43. The summed E-state index contributed by atoms with van der Waals surface area (Å²) in [6, 6.07) is 0.592. The zero-order chi connectivity index (χ0) is 13.3. The van der Waals surface area contributed by atoms with Gasteiger partial charge in [-0.15, -0.1) is 0 Å². The molecule has 1 aromatic rings. The van der Waals surface area contributed by atoms with Crippen LogP contribution in [0.3, 0.4) is 0 Å². The van der Waals surface area contributed by atoms with Gasteiger partial charge in [-0.25, -0.2) is 13.2 Å². The van der Waals surface area contributed by atoms with E-state index in [0.717, 1.165) is 12.1 Å². The molecule has 0 aromatic heterocycles. The molecule has 96 valence electrons. The molecule has 0 bridgehead atoms. The Kier molecular flexibility index (Phi) is 3.22. The molecule has 1 aromatic carbocycles. The molecule has 2 rings (SSSR count). The third-order valence-electron chi connectivity index (χ3n) is 2.44. The Morgan fingerprint density at radius 2 is 1.89 bits per heavy atom. The number of hydrogen-bond donors (Lipinski definition) is 2. The van der Waals surface area contributed by atoms with Gasteiger partial charge in [-0.05, 0) is 24.6 Å². The first-order chi connectivity index (χ1) is 8.52. The minimum absolute atomic E-state index is 0.00482. The monoisotopic (exact) mass is 257 g/mol. The fourth-order valence-electron chi connectivity index (χ4n) is 1.65. The Morgan fingerprint density at radius 1 is 1.28 bits per heavy atom. The second-order valence-corrected chi connectivity index (χ2v) is 3.69. The molecule has 1 unspecified atom stereocenters. The Bertz CT molecular complexity index is 507. The molecule has 4 nitrogen and oxygen atoms in total. The largest absolute Gasteiger partial charge is 0.340 e. The van der Waals surface area contributed by atoms with Crippen molar-refractivity contribution in [3.8, 4) is 0 Å². The second-order valence-electron chi connectivity index (χ2n) is 3.69. The summed E-state index contributed by atoms with van der Waals surface area (Å²) in [6.07, 6.45) is 0. The van der Waals surface area contributed by atoms with Gasteiger partial charge in [0.1, 0.15) is 6.04 Å². The number of halogens is 3. The van der Waals surface area contributed by atoms with E-state index in [1.807, 2.05) is 0 Å². The number of hydrogen-bond acceptors (Lipinski definition) is 2. The number of nitrogens with one attached hydrogen (secondary N) is 2. The first-order valence-corrected chi connectivity index (χ1v) is 5.29. The molecule has 0 saturated carbocycles. The van der Waals surface area contributed by atoms with Gasteiger partial charge in [0.2, 0.25) is 0 Å². The maximum atomic E-state index is 13.1. The number of rotatable bonds is 2. The summed E-state index contributed by atoms with van der Waals surface area (Å²) in [7, 11) is 0. The third kappa shape index (κ3) is 2.15. The molecule has 1 heterocycles. The van der Waals surface area contributed by atoms with Crippen molar-refractivity contribution in [3.05, 3.63) is 35.1 Å². The van der Waals surface area contributed by atoms with Crippen LogP contribution in [-0.2, 0) is 4.79 Å². The van der Waals surface area contributed by atoms with E-state index >= 15 is 0 Å². The molecular formula is C11H10F3N3O. The van der Waals surface area contributed by atoms with Crippen LogP contribution in [0.15, 0.2) is 17.1 Å². The zero-order valence-electron chi connectivity index (χ0n) is 9.43. The maximum absolute atomic E-state index is 13.1. The molecule has 0 radical (unpaired) electrons. The first kappa shape index (κ1) is 12.4. The van der Waals surface area contributed by atoms with Gasteiger partial charge < -0.3 is 5.32 Å². The van der Waals surface area contributed by atoms with E-state index in [-0.39, 0.29) is 11.5 Å². The Hall–Kier alpha value is -2.05. The highest BCUT2D eigenvalue weighted by atomic mass is 19.2. The first-order valence-electron chi connectivity index (χ1n) is 5.29. The lowest BCUT2D eigenvalue weighted by Gasteiger charge is -2.08. The SMILES string of the molecule is CCN=C1NC(=O)C(c2cc(F)c(F)c(F)c2)N1. The molecule has 0 spiro atoms. The topological polar surface area (TPSA) is 53.5 Å². The van der Waals surface area contributed by atoms with E-state index < -0.39 is 29.4 Å². The van der Waals surface area contributed by atoms with Gasteiger partial charge in [-0.3, -0.25) is 15.1 Å². The van der Waals surface area contributed by atoms with Crippen molar-refractivity contribution >= 4 is 11.9 Å². The minimum Gasteiger partial charge on any atom is -0.340 e. The number of amides is 1. The molecule has 0 aliphatic carbocycles. The summed E-state index contributed by atoms with van der Waals surface area (Å²) in [5.74, 6) is -4.48. The van der Waals surface area contributed by atoms with Gasteiger partial charge in [-0.1, -0.05) is 0 Å². The van der Waals surface area contributed by atoms with E-state index in [4.69, 9.17) is 0 Å². The van der Waals surface area contributed by atoms with Crippen LogP contribution in [0.2, 0.25) is 0 Å². The lowest BCUT2D eigenvalue weighted by atomic mass is 10.1. The summed E-state index contributed by atoms with van der Waals surface area (Å²) in [5, 5.41) is 5.08. The van der Waals surface area contributed by atoms with Crippen LogP contribution in [0.1, 0.15) is 18.5 Å². The number of nitrogens with zero attached hydrogens (tertiary/aromatic N) is 1. The van der Waals surface area contributed by atoms with Gasteiger partial charge >= 0.3 is 0 Å². The summed E-state index contributed by atoms with van der Waals surface area (Å²) in [5.41, 5.74) is 0.00482. The number of benzene rings is 1. The van der Waals surface area contributed by atoms with Crippen molar-refractivity contribution in [2.45, 2.75) is 13.0 Å². The van der Waals surface area contributed by atoms with E-state index in [1.54, 1.807) is 6.92 Å². The average Bonchev–Trinajstić information content (AvgIpc) is 2.67. The van der Waals surface area contributed by atoms with Gasteiger partial charge in [0.25, 0.3) is 5.91 Å². The van der Waals surface area contributed by atoms with Crippen molar-refractivity contribution in [1.29, 1.82) is 0 Å². The van der Waals surface area contributed by atoms with Crippen LogP contribution in [-0.4, -0.2) is 18.4 Å². The van der Waals surface area contributed by atoms with Crippen LogP contribution in [0.4, 0.5) is 13.2 Å². The highest BCUT2D eigenvalue weighted by Gasteiger charge is 2.30. The molecule has 18 heavy (non-hydrogen) atoms. The van der Waals surface area contributed by atoms with E-state index in [0.29, 0.717) is 6.54 Å². The number of guanidine groups is 1. The minimum atomic E-state index is -1.56. The van der Waals surface area contributed by atoms with Crippen LogP contribution < -0.4 is 10.6 Å². The van der Waals surface area contributed by atoms with Crippen molar-refractivity contribution in [3.63, 3.8) is 0 Å². The summed E-state index contributed by atoms with van der Waals surface area (Å²) < 4.78 is 38.9. The standard InChI is InChI=1S/C11H10F3N3O/c1-2-15-11-16-9(10(18)17-11)5-3-6(12)8(14)7(13)4-5/h3-4,9H,2H2,1H3,(H2,15,16,17,18). The predicted molar refractivity (Wildman–Crippen MR) is 58.3 cm³/mol. The van der Waals surface area contributed by atoms with Crippen LogP contribution in [0.5, 0.6) is 0 Å². The predicted octanol–water partition coefficient (Wildman–Crippen LogP) is 1.24. The molecule has 1 aliphatic heterocycles. The molecule has 1 saturated heterocycles. The normalized spacial score (nSPS) is 21.0. The fourth-order valence-corrected chi connectivity index (χ4v) is 1.65. The Balaban J connectivity index is 2.33. The number of carbonyl (C=O) groups is 1. The number of aliphatic imine (C=N–C) groups is 1. The highest BCUT2D eigenvalue weighted by molar-refractivity contribution is 6.06. The van der Waals surface area contributed by atoms with Gasteiger partial charge in [-0.2, -0.15) is 0 Å². The fraction of sp³-hybridized carbons (Fsp3) is 0.273. The molecule has 1 aliphatic rings. The molecule has 2 N–H and O–H groups in total. The lowest BCUT2D eigenvalue weighted by molar-refractivity contribution is -0.120. The highest BCUT2D eigenvalue weighted by Crippen LogP contribution is 2.21. The smallest absolute Gasteiger partial charge is 0.253 e. The molecule has 7 heteroatoms. The van der Waals surface area contributed by atoms with Crippen LogP contribution >= 0.6 is 0 Å². The second kappa shape index (κ2) is 4.67. The summed E-state index contributed by atoms with van der Waals surface area (Å²) in [4.78, 5) is 15.5. The van der Waals surface area contributed by atoms with Gasteiger partial charge in [0.05, 0.1) is 0 Å². The molecule has 1 atom stereocenters. The lowest BCUT2D eigenvalue weighted by Crippen LogP contribution is -2.25. The van der Waals surface area contributed by atoms with Gasteiger partial charge in [0.15, 0.2) is 23.4 Å². The Labute approximate surface area is 101 Å².